The lowest BCUT2D eigenvalue weighted by molar-refractivity contribution is -0.941. The minimum Gasteiger partial charge on any atom is -0.308 e. The van der Waals surface area contributed by atoms with Crippen molar-refractivity contribution < 1.29 is 4.90 Å². The van der Waals surface area contributed by atoms with Crippen molar-refractivity contribution in [3.63, 3.8) is 0 Å². The number of thiazole rings is 1. The van der Waals surface area contributed by atoms with Gasteiger partial charge in [0.05, 0.1) is 16.8 Å². The summed E-state index contributed by atoms with van der Waals surface area (Å²) in [6.07, 6.45) is 2.38. The number of nitrogens with one attached hydrogen (secondary N) is 1. The van der Waals surface area contributed by atoms with Crippen LogP contribution in [0.25, 0.3) is 15.9 Å². The summed E-state index contributed by atoms with van der Waals surface area (Å²) in [4.78, 5) is 6.42. The number of hydrogen-bond acceptors (Lipinski definition) is 4. The topological polar surface area (TPSA) is 40.1 Å². The zero-order valence-corrected chi connectivity index (χ0v) is 18.3. The maximum Gasteiger partial charge on any atom is 0.207 e. The monoisotopic (exact) mass is 422 g/mol. The van der Waals surface area contributed by atoms with Crippen molar-refractivity contribution in [3.8, 4) is 5.69 Å². The number of benzene rings is 2. The Kier molecular flexibility index (Phi) is 4.81. The SMILES string of the molecule is Cc1cccc(-n2c(C)nn(C[NH+]3CCC[C@@H]3c3nc4ccccc4s3)c2=S)c1. The van der Waals surface area contributed by atoms with Gasteiger partial charge >= 0.3 is 0 Å². The van der Waals surface area contributed by atoms with E-state index in [1.54, 1.807) is 0 Å². The standard InChI is InChI=1S/C22H23N5S2/c1-15-7-5-8-17(13-15)27-16(2)24-26(22(27)28)14-25-12-6-10-19(25)21-23-18-9-3-4-11-20(18)29-21/h3-5,7-9,11,13,19H,6,10,12,14H2,1-2H3/p+1/t19-/m1/s1. The average molecular weight is 423 g/mol. The number of hydrogen-bond donors (Lipinski definition) is 1. The van der Waals surface area contributed by atoms with Gasteiger partial charge in [-0.15, -0.1) is 11.3 Å². The minimum atomic E-state index is 0.415. The van der Waals surface area contributed by atoms with Crippen LogP contribution < -0.4 is 4.90 Å². The number of nitrogens with zero attached hydrogens (tertiary/aromatic N) is 4. The van der Waals surface area contributed by atoms with Gasteiger partial charge in [0.15, 0.2) is 11.7 Å². The third-order valence-corrected chi connectivity index (χ3v) is 7.25. The van der Waals surface area contributed by atoms with Gasteiger partial charge < -0.3 is 4.90 Å². The Bertz CT molecular complexity index is 1200. The zero-order chi connectivity index (χ0) is 20.0. The molecule has 2 aromatic carbocycles. The lowest BCUT2D eigenvalue weighted by Gasteiger charge is -2.19. The molecule has 1 fully saturated rings. The Morgan fingerprint density at radius 2 is 2.03 bits per heavy atom. The lowest BCUT2D eigenvalue weighted by Crippen LogP contribution is -3.09. The predicted molar refractivity (Wildman–Crippen MR) is 119 cm³/mol. The van der Waals surface area contributed by atoms with Gasteiger partial charge in [-0.1, -0.05) is 24.3 Å². The molecule has 1 N–H and O–H groups in total. The first kappa shape index (κ1) is 18.7. The molecule has 1 aliphatic heterocycles. The molecule has 5 nitrogen and oxygen atoms in total. The van der Waals surface area contributed by atoms with Gasteiger partial charge in [0.25, 0.3) is 0 Å². The Morgan fingerprint density at radius 3 is 2.86 bits per heavy atom. The summed E-state index contributed by atoms with van der Waals surface area (Å²) in [6.45, 7) is 6.03. The van der Waals surface area contributed by atoms with Crippen LogP contribution in [0.4, 0.5) is 0 Å². The lowest BCUT2D eigenvalue weighted by atomic mass is 10.2. The van der Waals surface area contributed by atoms with Crippen molar-refractivity contribution in [2.24, 2.45) is 0 Å². The molecule has 1 aliphatic rings. The minimum absolute atomic E-state index is 0.415. The van der Waals surface area contributed by atoms with E-state index in [1.165, 1.54) is 33.0 Å². The van der Waals surface area contributed by atoms with Crippen molar-refractivity contribution in [1.82, 2.24) is 19.3 Å². The van der Waals surface area contributed by atoms with Gasteiger partial charge in [-0.05, 0) is 55.9 Å². The van der Waals surface area contributed by atoms with Crippen LogP contribution in [-0.2, 0) is 6.67 Å². The highest BCUT2D eigenvalue weighted by Crippen LogP contribution is 2.28. The zero-order valence-electron chi connectivity index (χ0n) is 16.6. The molecule has 148 valence electrons. The maximum absolute atomic E-state index is 5.82. The molecule has 0 bridgehead atoms. The van der Waals surface area contributed by atoms with Crippen molar-refractivity contribution in [1.29, 1.82) is 0 Å². The van der Waals surface area contributed by atoms with Crippen LogP contribution in [0.3, 0.4) is 0 Å². The van der Waals surface area contributed by atoms with Crippen molar-refractivity contribution in [2.45, 2.75) is 39.4 Å². The number of likely N-dealkylation sites (tertiary alicyclic amines) is 1. The summed E-state index contributed by atoms with van der Waals surface area (Å²) in [5, 5.41) is 6.02. The Labute approximate surface area is 179 Å². The molecule has 0 aliphatic carbocycles. The smallest absolute Gasteiger partial charge is 0.207 e. The molecule has 1 unspecified atom stereocenters. The molecule has 3 heterocycles. The average Bonchev–Trinajstić information content (AvgIpc) is 3.39. The first-order valence-electron chi connectivity index (χ1n) is 10.0. The number of fused-ring (bicyclic) bond motifs is 1. The van der Waals surface area contributed by atoms with Crippen LogP contribution in [0.2, 0.25) is 0 Å². The highest BCUT2D eigenvalue weighted by Gasteiger charge is 2.33. The fourth-order valence-electron chi connectivity index (χ4n) is 4.31. The van der Waals surface area contributed by atoms with Crippen molar-refractivity contribution in [3.05, 3.63) is 69.7 Å². The molecule has 2 atom stereocenters. The normalized spacial score (nSPS) is 19.2. The third-order valence-electron chi connectivity index (χ3n) is 5.71. The maximum atomic E-state index is 5.82. The number of para-hydroxylation sites is 1. The fourth-order valence-corrected chi connectivity index (χ4v) is 5.82. The van der Waals surface area contributed by atoms with E-state index in [0.29, 0.717) is 6.04 Å². The van der Waals surface area contributed by atoms with Gasteiger partial charge in [0.1, 0.15) is 11.9 Å². The fraction of sp³-hybridized carbons (Fsp3) is 0.318. The van der Waals surface area contributed by atoms with Gasteiger partial charge in [-0.2, -0.15) is 9.78 Å². The summed E-state index contributed by atoms with van der Waals surface area (Å²) in [6, 6.07) is 17.2. The van der Waals surface area contributed by atoms with Crippen LogP contribution in [0, 0.1) is 18.6 Å². The summed E-state index contributed by atoms with van der Waals surface area (Å²) >= 11 is 7.64. The van der Waals surface area contributed by atoms with E-state index >= 15 is 0 Å². The third kappa shape index (κ3) is 3.43. The largest absolute Gasteiger partial charge is 0.308 e. The molecule has 4 aromatic rings. The molecule has 0 saturated carbocycles. The second kappa shape index (κ2) is 7.48. The molecule has 1 saturated heterocycles. The number of quaternary nitrogens is 1. The quantitative estimate of drug-likeness (QED) is 0.505. The molecule has 2 aromatic heterocycles. The first-order chi connectivity index (χ1) is 14.1. The molecule has 0 amide bonds. The first-order valence-corrected chi connectivity index (χ1v) is 11.3. The van der Waals surface area contributed by atoms with E-state index < -0.39 is 0 Å². The van der Waals surface area contributed by atoms with Crippen LogP contribution in [-0.4, -0.2) is 25.9 Å². The summed E-state index contributed by atoms with van der Waals surface area (Å²) in [5.41, 5.74) is 3.41. The molecular weight excluding hydrogens is 398 g/mol. The molecule has 0 radical (unpaired) electrons. The molecule has 5 rings (SSSR count). The predicted octanol–water partition coefficient (Wildman–Crippen LogP) is 4.01. The van der Waals surface area contributed by atoms with Crippen LogP contribution in [0.5, 0.6) is 0 Å². The number of aryl methyl sites for hydroxylation is 2. The van der Waals surface area contributed by atoms with Gasteiger partial charge in [-0.25, -0.2) is 4.98 Å². The van der Waals surface area contributed by atoms with Gasteiger partial charge in [0, 0.05) is 18.5 Å². The molecule has 29 heavy (non-hydrogen) atoms. The van der Waals surface area contributed by atoms with Gasteiger partial charge in [0.2, 0.25) is 4.77 Å². The number of rotatable bonds is 4. The van der Waals surface area contributed by atoms with Gasteiger partial charge in [-0.3, -0.25) is 4.57 Å². The summed E-state index contributed by atoms with van der Waals surface area (Å²) < 4.78 is 6.10. The van der Waals surface area contributed by atoms with E-state index in [1.807, 2.05) is 22.9 Å². The molecule has 0 spiro atoms. The highest BCUT2D eigenvalue weighted by molar-refractivity contribution is 7.71. The molecule has 7 heteroatoms. The molecular formula is C22H24N5S2+. The number of aromatic nitrogens is 4. The van der Waals surface area contributed by atoms with Crippen LogP contribution in [0.1, 0.15) is 35.3 Å². The van der Waals surface area contributed by atoms with Crippen LogP contribution in [0.15, 0.2) is 48.5 Å². The second-order valence-electron chi connectivity index (χ2n) is 7.78. The van der Waals surface area contributed by atoms with Crippen molar-refractivity contribution >= 4 is 33.8 Å². The van der Waals surface area contributed by atoms with E-state index in [0.717, 1.165) is 35.0 Å². The Balaban J connectivity index is 1.45. The summed E-state index contributed by atoms with van der Waals surface area (Å²) in [5.74, 6) is 0.927. The highest BCUT2D eigenvalue weighted by atomic mass is 32.1. The van der Waals surface area contributed by atoms with E-state index in [-0.39, 0.29) is 0 Å². The summed E-state index contributed by atoms with van der Waals surface area (Å²) in [7, 11) is 0. The van der Waals surface area contributed by atoms with E-state index in [9.17, 15) is 0 Å². The second-order valence-corrected chi connectivity index (χ2v) is 9.21. The Hall–Kier alpha value is -2.35. The van der Waals surface area contributed by atoms with E-state index in [4.69, 9.17) is 22.3 Å². The van der Waals surface area contributed by atoms with Crippen LogP contribution >= 0.6 is 23.6 Å². The van der Waals surface area contributed by atoms with Crippen molar-refractivity contribution in [2.75, 3.05) is 6.54 Å². The Morgan fingerprint density at radius 1 is 1.17 bits per heavy atom. The van der Waals surface area contributed by atoms with E-state index in [2.05, 4.69) is 60.0 Å².